The number of thioether (sulfide) groups is 1. The van der Waals surface area contributed by atoms with Crippen molar-refractivity contribution in [1.29, 1.82) is 0 Å². The molecule has 0 atom stereocenters. The number of likely N-dealkylation sites (tertiary alicyclic amines) is 1. The summed E-state index contributed by atoms with van der Waals surface area (Å²) in [5.74, 6) is 1.15. The van der Waals surface area contributed by atoms with Gasteiger partial charge < -0.3 is 4.90 Å². The molecule has 3 nitrogen and oxygen atoms in total. The summed E-state index contributed by atoms with van der Waals surface area (Å²) in [6.45, 7) is 8.11. The third-order valence-corrected chi connectivity index (χ3v) is 5.11. The van der Waals surface area contributed by atoms with Crippen molar-refractivity contribution in [2.45, 2.75) is 38.3 Å². The van der Waals surface area contributed by atoms with Crippen molar-refractivity contribution >= 4 is 22.8 Å². The van der Waals surface area contributed by atoms with Crippen LogP contribution in [0.15, 0.2) is 17.3 Å². The van der Waals surface area contributed by atoms with E-state index in [1.165, 1.54) is 66.2 Å². The number of fused-ring (bicyclic) bond motifs is 1. The fourth-order valence-corrected chi connectivity index (χ4v) is 3.75. The number of hydrogen-bond acceptors (Lipinski definition) is 2. The van der Waals surface area contributed by atoms with Crippen LogP contribution in [0.4, 0.5) is 0 Å². The molecule has 0 unspecified atom stereocenters. The smallest absolute Gasteiger partial charge is 0.303 e. The average Bonchev–Trinajstić information content (AvgIpc) is 2.82. The van der Waals surface area contributed by atoms with Crippen LogP contribution in [0.1, 0.15) is 30.4 Å². The van der Waals surface area contributed by atoms with Crippen molar-refractivity contribution in [3.05, 3.63) is 23.3 Å². The van der Waals surface area contributed by atoms with Gasteiger partial charge in [0.05, 0.1) is 0 Å². The number of hydrogen-bond donors (Lipinski definition) is 1. The Balaban J connectivity index is 1.60. The lowest BCUT2D eigenvalue weighted by molar-refractivity contribution is -0.396. The van der Waals surface area contributed by atoms with Crippen LogP contribution in [0.5, 0.6) is 0 Å². The van der Waals surface area contributed by atoms with Gasteiger partial charge in [-0.2, -0.15) is 0 Å². The molecule has 0 radical (unpaired) electrons. The first-order chi connectivity index (χ1) is 9.72. The first kappa shape index (κ1) is 14.0. The van der Waals surface area contributed by atoms with Crippen LogP contribution in [0.2, 0.25) is 0 Å². The molecule has 0 aliphatic carbocycles. The van der Waals surface area contributed by atoms with Crippen molar-refractivity contribution in [3.63, 3.8) is 0 Å². The van der Waals surface area contributed by atoms with Gasteiger partial charge in [-0.3, -0.25) is 0 Å². The number of benzene rings is 1. The highest BCUT2D eigenvalue weighted by molar-refractivity contribution is 7.99. The van der Waals surface area contributed by atoms with E-state index in [1.807, 2.05) is 11.8 Å². The van der Waals surface area contributed by atoms with Crippen molar-refractivity contribution < 1.29 is 4.98 Å². The second-order valence-electron chi connectivity index (χ2n) is 5.81. The Labute approximate surface area is 125 Å². The van der Waals surface area contributed by atoms with Crippen molar-refractivity contribution in [3.8, 4) is 0 Å². The highest BCUT2D eigenvalue weighted by atomic mass is 32.2. The number of aromatic nitrogens is 2. The van der Waals surface area contributed by atoms with Gasteiger partial charge in [0.2, 0.25) is 0 Å². The van der Waals surface area contributed by atoms with Gasteiger partial charge in [-0.15, -0.1) is 0 Å². The molecule has 2 aromatic rings. The Morgan fingerprint density at radius 2 is 1.90 bits per heavy atom. The molecule has 0 amide bonds. The van der Waals surface area contributed by atoms with Crippen LogP contribution < -0.4 is 4.98 Å². The number of rotatable bonds is 4. The molecule has 1 aliphatic heterocycles. The van der Waals surface area contributed by atoms with Crippen LogP contribution in [-0.4, -0.2) is 35.3 Å². The molecule has 3 rings (SSSR count). The number of aryl methyl sites for hydroxylation is 2. The molecule has 4 heteroatoms. The molecule has 108 valence electrons. The highest BCUT2D eigenvalue weighted by Gasteiger charge is 2.14. The molecule has 1 aromatic heterocycles. The quantitative estimate of drug-likeness (QED) is 0.877. The summed E-state index contributed by atoms with van der Waals surface area (Å²) in [6.07, 6.45) is 4.17. The van der Waals surface area contributed by atoms with E-state index in [0.29, 0.717) is 0 Å². The minimum atomic E-state index is 1.15. The zero-order chi connectivity index (χ0) is 13.9. The number of nitrogens with zero attached hydrogens (tertiary/aromatic N) is 1. The zero-order valence-electron chi connectivity index (χ0n) is 12.5. The molecule has 1 aromatic carbocycles. The molecular weight excluding hydrogens is 266 g/mol. The van der Waals surface area contributed by atoms with Crippen molar-refractivity contribution in [1.82, 2.24) is 9.88 Å². The summed E-state index contributed by atoms with van der Waals surface area (Å²) in [6, 6.07) is 4.46. The van der Waals surface area contributed by atoms with E-state index in [1.54, 1.807) is 0 Å². The Morgan fingerprint density at radius 3 is 2.70 bits per heavy atom. The van der Waals surface area contributed by atoms with Gasteiger partial charge in [-0.1, -0.05) is 6.42 Å². The van der Waals surface area contributed by atoms with E-state index >= 15 is 0 Å². The lowest BCUT2D eigenvalue weighted by Gasteiger charge is -2.25. The third kappa shape index (κ3) is 3.18. The normalized spacial score (nSPS) is 16.9. The summed E-state index contributed by atoms with van der Waals surface area (Å²) in [5, 5.41) is 1.18. The van der Waals surface area contributed by atoms with E-state index in [2.05, 4.69) is 40.8 Å². The summed E-state index contributed by atoms with van der Waals surface area (Å²) in [5.41, 5.74) is 5.12. The van der Waals surface area contributed by atoms with Gasteiger partial charge in [0, 0.05) is 12.3 Å². The first-order valence-corrected chi connectivity index (χ1v) is 8.58. The molecule has 0 spiro atoms. The van der Waals surface area contributed by atoms with E-state index in [9.17, 15) is 0 Å². The number of piperidine rings is 1. The van der Waals surface area contributed by atoms with Crippen LogP contribution in [0, 0.1) is 13.8 Å². The molecule has 2 N–H and O–H groups in total. The summed E-state index contributed by atoms with van der Waals surface area (Å²) < 4.78 is 0. The largest absolute Gasteiger partial charge is 0.314 e. The molecular formula is C16H24N3S+. The van der Waals surface area contributed by atoms with Gasteiger partial charge in [0.25, 0.3) is 0 Å². The lowest BCUT2D eigenvalue weighted by atomic mass is 10.1. The Hall–Kier alpha value is -1.00. The SMILES string of the molecule is Cc1cc2[nH]c(SCCN3CCCCC3)[nH+]c2cc1C. The maximum atomic E-state index is 3.49. The maximum Gasteiger partial charge on any atom is 0.314 e. The van der Waals surface area contributed by atoms with Gasteiger partial charge in [-0.25, -0.2) is 9.97 Å². The van der Waals surface area contributed by atoms with Crippen molar-refractivity contribution in [2.75, 3.05) is 25.4 Å². The van der Waals surface area contributed by atoms with Crippen LogP contribution >= 0.6 is 11.8 Å². The molecule has 1 fully saturated rings. The third-order valence-electron chi connectivity index (χ3n) is 4.23. The first-order valence-electron chi connectivity index (χ1n) is 7.60. The van der Waals surface area contributed by atoms with E-state index in [-0.39, 0.29) is 0 Å². The number of H-pyrrole nitrogens is 2. The fourth-order valence-electron chi connectivity index (χ4n) is 2.83. The minimum Gasteiger partial charge on any atom is -0.303 e. The Morgan fingerprint density at radius 1 is 1.15 bits per heavy atom. The molecule has 2 heterocycles. The average molecular weight is 290 g/mol. The predicted octanol–water partition coefficient (Wildman–Crippen LogP) is 3.18. The summed E-state index contributed by atoms with van der Waals surface area (Å²) in [7, 11) is 0. The summed E-state index contributed by atoms with van der Waals surface area (Å²) >= 11 is 1.90. The second-order valence-corrected chi connectivity index (χ2v) is 6.92. The summed E-state index contributed by atoms with van der Waals surface area (Å²) in [4.78, 5) is 9.57. The number of imidazole rings is 1. The number of aromatic amines is 2. The van der Waals surface area contributed by atoms with Gasteiger partial charge in [0.1, 0.15) is 0 Å². The predicted molar refractivity (Wildman–Crippen MR) is 85.3 cm³/mol. The Bertz CT molecular complexity index is 546. The second kappa shape index (κ2) is 6.19. The van der Waals surface area contributed by atoms with Crippen molar-refractivity contribution in [2.24, 2.45) is 0 Å². The van der Waals surface area contributed by atoms with Crippen LogP contribution in [-0.2, 0) is 0 Å². The van der Waals surface area contributed by atoms with E-state index in [4.69, 9.17) is 0 Å². The van der Waals surface area contributed by atoms with Crippen LogP contribution in [0.25, 0.3) is 11.0 Å². The Kier molecular flexibility index (Phi) is 4.32. The maximum absolute atomic E-state index is 3.49. The van der Waals surface area contributed by atoms with Gasteiger partial charge >= 0.3 is 5.16 Å². The molecule has 1 saturated heterocycles. The van der Waals surface area contributed by atoms with E-state index in [0.717, 1.165) is 5.75 Å². The molecule has 0 bridgehead atoms. The van der Waals surface area contributed by atoms with Gasteiger partial charge in [-0.05, 0) is 74.8 Å². The van der Waals surface area contributed by atoms with Gasteiger partial charge in [0.15, 0.2) is 11.0 Å². The standard InChI is InChI=1S/C16H23N3S/c1-12-10-14-15(11-13(12)2)18-16(17-14)20-9-8-19-6-4-3-5-7-19/h10-11H,3-9H2,1-2H3,(H,17,18)/p+1. The number of nitrogens with one attached hydrogen (secondary N) is 2. The minimum absolute atomic E-state index is 1.15. The fraction of sp³-hybridized carbons (Fsp3) is 0.562. The molecule has 1 aliphatic rings. The lowest BCUT2D eigenvalue weighted by Crippen LogP contribution is -2.31. The highest BCUT2D eigenvalue weighted by Crippen LogP contribution is 2.19. The zero-order valence-corrected chi connectivity index (χ0v) is 13.3. The van der Waals surface area contributed by atoms with Crippen LogP contribution in [0.3, 0.4) is 0 Å². The molecule has 0 saturated carbocycles. The van der Waals surface area contributed by atoms with E-state index < -0.39 is 0 Å². The topological polar surface area (TPSA) is 33.2 Å². The molecule has 20 heavy (non-hydrogen) atoms. The monoisotopic (exact) mass is 290 g/mol.